The van der Waals surface area contributed by atoms with Gasteiger partial charge in [0.25, 0.3) is 0 Å². The fourth-order valence-corrected chi connectivity index (χ4v) is 2.93. The largest absolute Gasteiger partial charge is 0.463 e. The van der Waals surface area contributed by atoms with Gasteiger partial charge < -0.3 is 28.4 Å². The number of rotatable bonds is 7. The second-order valence-corrected chi connectivity index (χ2v) is 6.64. The highest BCUT2D eigenvalue weighted by Gasteiger charge is 2.53. The van der Waals surface area contributed by atoms with Gasteiger partial charge in [-0.1, -0.05) is 0 Å². The highest BCUT2D eigenvalue weighted by molar-refractivity contribution is 5.68. The normalized spacial score (nSPS) is 25.1. The van der Waals surface area contributed by atoms with Gasteiger partial charge in [0.15, 0.2) is 12.2 Å². The molecule has 1 aromatic rings. The van der Waals surface area contributed by atoms with E-state index < -0.39 is 60.4 Å². The maximum atomic E-state index is 13.2. The minimum Gasteiger partial charge on any atom is -0.463 e. The number of ether oxygens (including phenoxy) is 6. The summed E-state index contributed by atoms with van der Waals surface area (Å²) in [4.78, 5) is 46.4. The molecular weight excluding hydrogens is 419 g/mol. The van der Waals surface area contributed by atoms with E-state index in [2.05, 4.69) is 0 Å². The second kappa shape index (κ2) is 10.7. The van der Waals surface area contributed by atoms with Crippen LogP contribution in [0.15, 0.2) is 24.3 Å². The molecule has 1 saturated heterocycles. The molecule has 0 radical (unpaired) electrons. The number of benzene rings is 1. The molecule has 5 atom stereocenters. The summed E-state index contributed by atoms with van der Waals surface area (Å²) in [6, 6.07) is 4.90. The van der Waals surface area contributed by atoms with Crippen molar-refractivity contribution < 1.29 is 52.0 Å². The van der Waals surface area contributed by atoms with Gasteiger partial charge in [0.1, 0.15) is 24.3 Å². The Labute approximate surface area is 177 Å². The molecule has 0 aromatic heterocycles. The summed E-state index contributed by atoms with van der Waals surface area (Å²) in [5.74, 6) is -3.23. The number of carbonyl (C=O) groups is 4. The Morgan fingerprint density at radius 1 is 0.806 bits per heavy atom. The lowest BCUT2D eigenvalue weighted by Gasteiger charge is -2.43. The van der Waals surface area contributed by atoms with E-state index in [1.807, 2.05) is 0 Å². The van der Waals surface area contributed by atoms with E-state index in [0.717, 1.165) is 32.9 Å². The molecule has 0 aliphatic carbocycles. The van der Waals surface area contributed by atoms with Crippen LogP contribution in [0, 0.1) is 5.82 Å². The van der Waals surface area contributed by atoms with Gasteiger partial charge >= 0.3 is 23.9 Å². The quantitative estimate of drug-likeness (QED) is 0.451. The molecule has 1 heterocycles. The van der Waals surface area contributed by atoms with Crippen LogP contribution in [-0.4, -0.2) is 61.2 Å². The second-order valence-electron chi connectivity index (χ2n) is 6.64. The average Bonchev–Trinajstić information content (AvgIpc) is 2.65. The van der Waals surface area contributed by atoms with Crippen molar-refractivity contribution in [2.24, 2.45) is 0 Å². The van der Waals surface area contributed by atoms with Crippen LogP contribution in [0.3, 0.4) is 0 Å². The molecule has 0 amide bonds. The van der Waals surface area contributed by atoms with Crippen molar-refractivity contribution in [3.63, 3.8) is 0 Å². The summed E-state index contributed by atoms with van der Waals surface area (Å²) in [6.45, 7) is 4.14. The average molecular weight is 442 g/mol. The van der Waals surface area contributed by atoms with Gasteiger partial charge in [-0.2, -0.15) is 0 Å². The summed E-state index contributed by atoms with van der Waals surface area (Å²) in [5.41, 5.74) is 0. The first-order chi connectivity index (χ1) is 14.6. The fourth-order valence-electron chi connectivity index (χ4n) is 2.93. The smallest absolute Gasteiger partial charge is 0.303 e. The number of hydrogen-bond donors (Lipinski definition) is 0. The van der Waals surface area contributed by atoms with E-state index in [0.29, 0.717) is 0 Å². The van der Waals surface area contributed by atoms with Crippen LogP contribution < -0.4 is 4.74 Å². The van der Waals surface area contributed by atoms with Gasteiger partial charge in [-0.15, -0.1) is 0 Å². The molecule has 2 rings (SSSR count). The molecule has 10 nitrogen and oxygen atoms in total. The predicted octanol–water partition coefficient (Wildman–Crippen LogP) is 1.29. The molecule has 1 aliphatic heterocycles. The van der Waals surface area contributed by atoms with E-state index in [1.54, 1.807) is 0 Å². The Hall–Kier alpha value is -3.21. The molecule has 0 bridgehead atoms. The van der Waals surface area contributed by atoms with Crippen molar-refractivity contribution in [2.75, 3.05) is 6.61 Å². The molecule has 1 aliphatic rings. The first-order valence-corrected chi connectivity index (χ1v) is 9.29. The third kappa shape index (κ3) is 7.21. The van der Waals surface area contributed by atoms with Crippen LogP contribution in [0.2, 0.25) is 0 Å². The van der Waals surface area contributed by atoms with E-state index in [4.69, 9.17) is 28.4 Å². The minimum atomic E-state index is -1.37. The molecule has 0 N–H and O–H groups in total. The molecule has 0 unspecified atom stereocenters. The van der Waals surface area contributed by atoms with E-state index in [-0.39, 0.29) is 12.4 Å². The Balaban J connectivity index is 2.43. The summed E-state index contributed by atoms with van der Waals surface area (Å²) in [6.07, 6.45) is -6.48. The Kier molecular flexibility index (Phi) is 8.31. The maximum absolute atomic E-state index is 13.2. The Bertz CT molecular complexity index is 809. The van der Waals surface area contributed by atoms with Crippen molar-refractivity contribution in [2.45, 2.75) is 58.4 Å². The van der Waals surface area contributed by atoms with Gasteiger partial charge in [-0.25, -0.2) is 4.39 Å². The van der Waals surface area contributed by atoms with Crippen molar-refractivity contribution in [3.8, 4) is 5.75 Å². The summed E-state index contributed by atoms with van der Waals surface area (Å²) < 4.78 is 45.4. The SMILES string of the molecule is CC(=O)OC[C@H]1O[C@@H](Oc2ccc(F)cc2)[C@H](OC(C)=O)[C@@H](OC(C)=O)[C@H]1OC(C)=O. The van der Waals surface area contributed by atoms with E-state index >= 15 is 0 Å². The van der Waals surface area contributed by atoms with Gasteiger partial charge in [0.2, 0.25) is 12.4 Å². The monoisotopic (exact) mass is 442 g/mol. The molecule has 1 fully saturated rings. The van der Waals surface area contributed by atoms with Gasteiger partial charge in [-0.05, 0) is 24.3 Å². The third-order valence-corrected chi connectivity index (χ3v) is 4.01. The van der Waals surface area contributed by atoms with Gasteiger partial charge in [0.05, 0.1) is 0 Å². The number of esters is 4. The zero-order chi connectivity index (χ0) is 23.1. The van der Waals surface area contributed by atoms with Crippen molar-refractivity contribution in [1.82, 2.24) is 0 Å². The molecule has 170 valence electrons. The Morgan fingerprint density at radius 2 is 1.32 bits per heavy atom. The van der Waals surface area contributed by atoms with Crippen LogP contribution >= 0.6 is 0 Å². The lowest BCUT2D eigenvalue weighted by atomic mass is 9.98. The van der Waals surface area contributed by atoms with Crippen molar-refractivity contribution in [1.29, 1.82) is 0 Å². The summed E-state index contributed by atoms with van der Waals surface area (Å²) >= 11 is 0. The first-order valence-electron chi connectivity index (χ1n) is 9.29. The summed E-state index contributed by atoms with van der Waals surface area (Å²) in [7, 11) is 0. The lowest BCUT2D eigenvalue weighted by Crippen LogP contribution is -2.63. The van der Waals surface area contributed by atoms with Crippen LogP contribution in [-0.2, 0) is 42.9 Å². The maximum Gasteiger partial charge on any atom is 0.303 e. The molecule has 31 heavy (non-hydrogen) atoms. The predicted molar refractivity (Wildman–Crippen MR) is 99.0 cm³/mol. The fraction of sp³-hybridized carbons (Fsp3) is 0.500. The molecule has 0 spiro atoms. The minimum absolute atomic E-state index is 0.155. The van der Waals surface area contributed by atoms with Gasteiger partial charge in [-0.3, -0.25) is 19.2 Å². The van der Waals surface area contributed by atoms with Gasteiger partial charge in [0, 0.05) is 27.7 Å². The highest BCUT2D eigenvalue weighted by atomic mass is 19.1. The molecule has 1 aromatic carbocycles. The topological polar surface area (TPSA) is 124 Å². The zero-order valence-corrected chi connectivity index (χ0v) is 17.4. The number of carbonyl (C=O) groups excluding carboxylic acids is 4. The van der Waals surface area contributed by atoms with E-state index in [9.17, 15) is 23.6 Å². The zero-order valence-electron chi connectivity index (χ0n) is 17.4. The van der Waals surface area contributed by atoms with Crippen LogP contribution in [0.25, 0.3) is 0 Å². The molecular formula is C20H23FO10. The molecule has 11 heteroatoms. The highest BCUT2D eigenvalue weighted by Crippen LogP contribution is 2.31. The van der Waals surface area contributed by atoms with Crippen molar-refractivity contribution in [3.05, 3.63) is 30.1 Å². The lowest BCUT2D eigenvalue weighted by molar-refractivity contribution is -0.288. The number of hydrogen-bond acceptors (Lipinski definition) is 10. The third-order valence-electron chi connectivity index (χ3n) is 4.01. The van der Waals surface area contributed by atoms with Crippen LogP contribution in [0.4, 0.5) is 4.39 Å². The standard InChI is InChI=1S/C20H23FO10/c1-10(22)26-9-16-17(27-11(2)23)18(28-12(3)24)19(29-13(4)25)20(31-16)30-15-7-5-14(21)6-8-15/h5-8,16-20H,9H2,1-4H3/t16-,17+,18+,19-,20-/m1/s1. The first kappa shape index (κ1) is 24.1. The van der Waals surface area contributed by atoms with Crippen LogP contribution in [0.5, 0.6) is 5.75 Å². The van der Waals surface area contributed by atoms with E-state index in [1.165, 1.54) is 19.1 Å². The van der Waals surface area contributed by atoms with Crippen LogP contribution in [0.1, 0.15) is 27.7 Å². The van der Waals surface area contributed by atoms with Crippen molar-refractivity contribution >= 4 is 23.9 Å². The summed E-state index contributed by atoms with van der Waals surface area (Å²) in [5, 5.41) is 0. The number of halogens is 1. The molecule has 0 saturated carbocycles. The Morgan fingerprint density at radius 3 is 1.84 bits per heavy atom.